The molecule has 1 amide bonds. The molecule has 4 aromatic rings. The van der Waals surface area contributed by atoms with Crippen molar-refractivity contribution < 1.29 is 9.59 Å². The molecular weight excluding hydrogens is 416 g/mol. The van der Waals surface area contributed by atoms with E-state index in [4.69, 9.17) is 0 Å². The Kier molecular flexibility index (Phi) is 5.59. The van der Waals surface area contributed by atoms with E-state index in [2.05, 4.69) is 9.69 Å². The van der Waals surface area contributed by atoms with E-state index in [0.29, 0.717) is 16.8 Å². The molecule has 31 heavy (non-hydrogen) atoms. The largest absolute Gasteiger partial charge is 0.332 e. The molecule has 0 radical (unpaired) electrons. The highest BCUT2D eigenvalue weighted by Crippen LogP contribution is 2.12. The standard InChI is InChI=1S/C22H18N4O4S/c1-14(27)16-7-9-17(10-8-16)23-19(28)12-25-18-13-31-24-20(18)21(29)26(22(25)30)11-15-5-3-2-4-6-15/h2-10,13H,11-12H2,1H3,(H,23,28). The molecule has 2 aromatic heterocycles. The first kappa shape index (κ1) is 20.4. The number of amides is 1. The molecular formula is C22H18N4O4S. The number of carbonyl (C=O) groups is 2. The molecule has 0 aliphatic heterocycles. The average Bonchev–Trinajstić information content (AvgIpc) is 3.25. The fraction of sp³-hybridized carbons (Fsp3) is 0.136. The molecule has 0 fully saturated rings. The van der Waals surface area contributed by atoms with Gasteiger partial charge in [0, 0.05) is 16.6 Å². The third-order valence-corrected chi connectivity index (χ3v) is 5.43. The number of fused-ring (bicyclic) bond motifs is 1. The van der Waals surface area contributed by atoms with Gasteiger partial charge < -0.3 is 5.32 Å². The van der Waals surface area contributed by atoms with Crippen molar-refractivity contribution in [3.63, 3.8) is 0 Å². The van der Waals surface area contributed by atoms with Crippen LogP contribution in [0.4, 0.5) is 5.69 Å². The van der Waals surface area contributed by atoms with E-state index in [1.54, 1.807) is 29.6 Å². The molecule has 1 N–H and O–H groups in total. The van der Waals surface area contributed by atoms with E-state index < -0.39 is 17.2 Å². The van der Waals surface area contributed by atoms with Crippen LogP contribution in [0.2, 0.25) is 0 Å². The van der Waals surface area contributed by atoms with Crippen LogP contribution in [-0.2, 0) is 17.9 Å². The molecule has 0 bridgehead atoms. The summed E-state index contributed by atoms with van der Waals surface area (Å²) >= 11 is 1.05. The number of hydrogen-bond donors (Lipinski definition) is 1. The molecule has 0 spiro atoms. The van der Waals surface area contributed by atoms with Crippen LogP contribution in [0.5, 0.6) is 0 Å². The Hall–Kier alpha value is -3.85. The molecule has 0 saturated carbocycles. The number of nitrogens with one attached hydrogen (secondary N) is 1. The molecule has 4 rings (SSSR count). The Balaban J connectivity index is 1.66. The van der Waals surface area contributed by atoms with Gasteiger partial charge in [0.15, 0.2) is 11.3 Å². The lowest BCUT2D eigenvalue weighted by molar-refractivity contribution is -0.116. The van der Waals surface area contributed by atoms with Gasteiger partial charge in [-0.15, -0.1) is 0 Å². The highest BCUT2D eigenvalue weighted by Gasteiger charge is 2.17. The van der Waals surface area contributed by atoms with E-state index in [1.165, 1.54) is 11.5 Å². The summed E-state index contributed by atoms with van der Waals surface area (Å²) < 4.78 is 6.47. The van der Waals surface area contributed by atoms with Crippen molar-refractivity contribution in [3.05, 3.63) is 91.9 Å². The number of anilines is 1. The van der Waals surface area contributed by atoms with E-state index in [9.17, 15) is 19.2 Å². The minimum absolute atomic E-state index is 0.0718. The highest BCUT2D eigenvalue weighted by molar-refractivity contribution is 7.04. The monoisotopic (exact) mass is 434 g/mol. The summed E-state index contributed by atoms with van der Waals surface area (Å²) in [5.41, 5.74) is 1.24. The maximum absolute atomic E-state index is 13.1. The summed E-state index contributed by atoms with van der Waals surface area (Å²) in [7, 11) is 0. The van der Waals surface area contributed by atoms with E-state index in [-0.39, 0.29) is 24.4 Å². The Bertz CT molecular complexity index is 1390. The van der Waals surface area contributed by atoms with Gasteiger partial charge in [-0.3, -0.25) is 23.5 Å². The van der Waals surface area contributed by atoms with Gasteiger partial charge in [-0.25, -0.2) is 4.79 Å². The quantitative estimate of drug-likeness (QED) is 0.470. The zero-order valence-electron chi connectivity index (χ0n) is 16.6. The highest BCUT2D eigenvalue weighted by atomic mass is 32.1. The van der Waals surface area contributed by atoms with Gasteiger partial charge >= 0.3 is 5.69 Å². The van der Waals surface area contributed by atoms with Crippen molar-refractivity contribution in [3.8, 4) is 0 Å². The zero-order chi connectivity index (χ0) is 22.0. The van der Waals surface area contributed by atoms with Gasteiger partial charge in [-0.1, -0.05) is 30.3 Å². The molecule has 0 aliphatic carbocycles. The van der Waals surface area contributed by atoms with Crippen molar-refractivity contribution in [2.75, 3.05) is 5.32 Å². The normalized spacial score (nSPS) is 10.9. The number of ketones is 1. The van der Waals surface area contributed by atoms with Crippen LogP contribution in [0, 0.1) is 0 Å². The predicted octanol–water partition coefficient (Wildman–Crippen LogP) is 2.51. The van der Waals surface area contributed by atoms with Crippen molar-refractivity contribution in [1.29, 1.82) is 0 Å². The first-order chi connectivity index (χ1) is 14.9. The van der Waals surface area contributed by atoms with Gasteiger partial charge in [-0.05, 0) is 48.3 Å². The second-order valence-corrected chi connectivity index (χ2v) is 7.60. The Morgan fingerprint density at radius 3 is 2.39 bits per heavy atom. The molecule has 8 nitrogen and oxygen atoms in total. The summed E-state index contributed by atoms with van der Waals surface area (Å²) in [6, 6.07) is 15.6. The van der Waals surface area contributed by atoms with Crippen LogP contribution < -0.4 is 16.6 Å². The topological polar surface area (TPSA) is 103 Å². The van der Waals surface area contributed by atoms with Crippen LogP contribution in [0.25, 0.3) is 11.0 Å². The van der Waals surface area contributed by atoms with Crippen LogP contribution in [0.15, 0.2) is 69.6 Å². The van der Waals surface area contributed by atoms with E-state index in [0.717, 1.165) is 21.7 Å². The third-order valence-electron chi connectivity index (χ3n) is 4.81. The fourth-order valence-electron chi connectivity index (χ4n) is 3.23. The SMILES string of the molecule is CC(=O)c1ccc(NC(=O)Cn2c(=O)n(Cc3ccccc3)c(=O)c3nscc32)cc1. The predicted molar refractivity (Wildman–Crippen MR) is 119 cm³/mol. The lowest BCUT2D eigenvalue weighted by Crippen LogP contribution is -2.41. The average molecular weight is 434 g/mol. The van der Waals surface area contributed by atoms with Crippen molar-refractivity contribution >= 4 is 39.9 Å². The smallest absolute Gasteiger partial charge is 0.325 e. The first-order valence-corrected chi connectivity index (χ1v) is 10.3. The van der Waals surface area contributed by atoms with Crippen LogP contribution >= 0.6 is 11.5 Å². The maximum atomic E-state index is 13.1. The number of Topliss-reactive ketones (excluding diaryl/α,β-unsaturated/α-hetero) is 1. The molecule has 2 heterocycles. The lowest BCUT2D eigenvalue weighted by Gasteiger charge is -2.12. The van der Waals surface area contributed by atoms with Gasteiger partial charge in [-0.2, -0.15) is 4.37 Å². The zero-order valence-corrected chi connectivity index (χ0v) is 17.4. The Labute approximate surface area is 180 Å². The molecule has 9 heteroatoms. The molecule has 0 atom stereocenters. The maximum Gasteiger partial charge on any atom is 0.332 e. The number of rotatable bonds is 6. The van der Waals surface area contributed by atoms with Gasteiger partial charge in [0.1, 0.15) is 6.54 Å². The third kappa shape index (κ3) is 4.22. The molecule has 0 saturated heterocycles. The van der Waals surface area contributed by atoms with Gasteiger partial charge in [0.2, 0.25) is 5.91 Å². The number of carbonyl (C=O) groups excluding carboxylic acids is 2. The van der Waals surface area contributed by atoms with Gasteiger partial charge in [0.25, 0.3) is 5.56 Å². The number of benzene rings is 2. The summed E-state index contributed by atoms with van der Waals surface area (Å²) in [5, 5.41) is 4.29. The Morgan fingerprint density at radius 1 is 1.00 bits per heavy atom. The second-order valence-electron chi connectivity index (χ2n) is 6.98. The summed E-state index contributed by atoms with van der Waals surface area (Å²) in [4.78, 5) is 49.9. The van der Waals surface area contributed by atoms with Crippen molar-refractivity contribution in [1.82, 2.24) is 13.5 Å². The molecule has 0 aliphatic rings. The van der Waals surface area contributed by atoms with Crippen LogP contribution in [0.3, 0.4) is 0 Å². The fourth-order valence-corrected chi connectivity index (χ4v) is 3.89. The van der Waals surface area contributed by atoms with Crippen molar-refractivity contribution in [2.24, 2.45) is 0 Å². The number of nitrogens with zero attached hydrogens (tertiary/aromatic N) is 3. The molecule has 0 unspecified atom stereocenters. The van der Waals surface area contributed by atoms with Crippen LogP contribution in [-0.4, -0.2) is 25.2 Å². The first-order valence-electron chi connectivity index (χ1n) is 9.46. The minimum atomic E-state index is -0.580. The summed E-state index contributed by atoms with van der Waals surface area (Å²) in [5.74, 6) is -0.507. The summed E-state index contributed by atoms with van der Waals surface area (Å²) in [6.45, 7) is 1.27. The second kappa shape index (κ2) is 8.49. The molecule has 2 aromatic carbocycles. The lowest BCUT2D eigenvalue weighted by atomic mass is 10.1. The number of hydrogen-bond acceptors (Lipinski definition) is 6. The minimum Gasteiger partial charge on any atom is -0.325 e. The van der Waals surface area contributed by atoms with E-state index in [1.807, 2.05) is 30.3 Å². The Morgan fingerprint density at radius 2 is 1.71 bits per heavy atom. The van der Waals surface area contributed by atoms with E-state index >= 15 is 0 Å². The summed E-state index contributed by atoms with van der Waals surface area (Å²) in [6.07, 6.45) is 0. The van der Waals surface area contributed by atoms with Crippen molar-refractivity contribution in [2.45, 2.75) is 20.0 Å². The van der Waals surface area contributed by atoms with Crippen LogP contribution in [0.1, 0.15) is 22.8 Å². The van der Waals surface area contributed by atoms with Gasteiger partial charge in [0.05, 0.1) is 12.1 Å². The molecule has 156 valence electrons. The number of aromatic nitrogens is 3.